The second-order valence-electron chi connectivity index (χ2n) is 6.54. The molecule has 22 heavy (non-hydrogen) atoms. The molecule has 4 nitrogen and oxygen atoms in total. The molecule has 1 aromatic rings. The number of rotatable bonds is 1. The molecule has 2 atom stereocenters. The van der Waals surface area contributed by atoms with Gasteiger partial charge in [0.15, 0.2) is 5.54 Å². The van der Waals surface area contributed by atoms with Gasteiger partial charge in [0, 0.05) is 18.3 Å². The minimum Gasteiger partial charge on any atom is -0.464 e. The SMILES string of the molecule is CN1C(=O)[C@]2(NC(=S)O[C@H]2C2CCCCC2)c2ccccc21. The number of carbonyl (C=O) groups excluding carboxylic acids is 1. The summed E-state index contributed by atoms with van der Waals surface area (Å²) in [6, 6.07) is 7.96. The van der Waals surface area contributed by atoms with Crippen molar-refractivity contribution < 1.29 is 9.53 Å². The van der Waals surface area contributed by atoms with Crippen LogP contribution in [-0.2, 0) is 15.1 Å². The molecule has 1 amide bonds. The normalized spacial score (nSPS) is 31.3. The summed E-state index contributed by atoms with van der Waals surface area (Å²) in [4.78, 5) is 14.8. The van der Waals surface area contributed by atoms with Gasteiger partial charge in [-0.1, -0.05) is 37.5 Å². The van der Waals surface area contributed by atoms with Gasteiger partial charge in [0.25, 0.3) is 11.1 Å². The third kappa shape index (κ3) is 1.75. The monoisotopic (exact) mass is 316 g/mol. The second kappa shape index (κ2) is 4.95. The number of nitrogens with zero attached hydrogens (tertiary/aromatic N) is 1. The molecule has 0 unspecified atom stereocenters. The molecule has 2 fully saturated rings. The van der Waals surface area contributed by atoms with Crippen molar-refractivity contribution in [3.05, 3.63) is 29.8 Å². The highest BCUT2D eigenvalue weighted by molar-refractivity contribution is 7.80. The number of fused-ring (bicyclic) bond motifs is 2. The standard InChI is InChI=1S/C17H20N2O2S/c1-19-13-10-6-5-9-12(13)17(15(19)20)14(21-16(22)18-17)11-7-3-2-4-8-11/h5-6,9-11,14H,2-4,7-8H2,1H3,(H,18,22)/t14-,17-/m0/s1. The summed E-state index contributed by atoms with van der Waals surface area (Å²) in [6.07, 6.45) is 5.71. The van der Waals surface area contributed by atoms with E-state index in [1.165, 1.54) is 19.3 Å². The molecule has 0 radical (unpaired) electrons. The molecule has 2 aliphatic heterocycles. The van der Waals surface area contributed by atoms with Gasteiger partial charge in [-0.3, -0.25) is 4.79 Å². The zero-order chi connectivity index (χ0) is 15.3. The first-order valence-corrected chi connectivity index (χ1v) is 8.42. The summed E-state index contributed by atoms with van der Waals surface area (Å²) < 4.78 is 5.99. The largest absolute Gasteiger partial charge is 0.464 e. The van der Waals surface area contributed by atoms with E-state index in [1.54, 1.807) is 4.90 Å². The third-order valence-electron chi connectivity index (χ3n) is 5.37. The smallest absolute Gasteiger partial charge is 0.261 e. The van der Waals surface area contributed by atoms with Crippen molar-refractivity contribution in [2.24, 2.45) is 5.92 Å². The molecule has 1 N–H and O–H groups in total. The van der Waals surface area contributed by atoms with Gasteiger partial charge in [-0.25, -0.2) is 0 Å². The van der Waals surface area contributed by atoms with Crippen LogP contribution in [0, 0.1) is 5.92 Å². The van der Waals surface area contributed by atoms with Crippen LogP contribution in [0.1, 0.15) is 37.7 Å². The fourth-order valence-electron chi connectivity index (χ4n) is 4.34. The van der Waals surface area contributed by atoms with Crippen LogP contribution in [0.4, 0.5) is 5.69 Å². The van der Waals surface area contributed by atoms with Crippen molar-refractivity contribution >= 4 is 29.0 Å². The zero-order valence-electron chi connectivity index (χ0n) is 12.7. The predicted molar refractivity (Wildman–Crippen MR) is 88.7 cm³/mol. The number of ether oxygens (including phenoxy) is 1. The average molecular weight is 316 g/mol. The predicted octanol–water partition coefficient (Wildman–Crippen LogP) is 2.71. The maximum absolute atomic E-state index is 13.1. The van der Waals surface area contributed by atoms with Crippen LogP contribution >= 0.6 is 12.2 Å². The number of amides is 1. The number of carbonyl (C=O) groups is 1. The fourth-order valence-corrected chi connectivity index (χ4v) is 4.60. The van der Waals surface area contributed by atoms with Gasteiger partial charge in [0.2, 0.25) is 0 Å². The molecule has 1 aromatic carbocycles. The van der Waals surface area contributed by atoms with E-state index in [2.05, 4.69) is 5.32 Å². The molecule has 2 heterocycles. The van der Waals surface area contributed by atoms with E-state index in [0.29, 0.717) is 11.1 Å². The number of nitrogens with one attached hydrogen (secondary N) is 1. The Morgan fingerprint density at radius 1 is 1.27 bits per heavy atom. The lowest BCUT2D eigenvalue weighted by atomic mass is 9.74. The van der Waals surface area contributed by atoms with E-state index in [9.17, 15) is 4.79 Å². The summed E-state index contributed by atoms with van der Waals surface area (Å²) in [6.45, 7) is 0. The van der Waals surface area contributed by atoms with Crippen LogP contribution in [0.25, 0.3) is 0 Å². The number of anilines is 1. The molecule has 1 spiro atoms. The highest BCUT2D eigenvalue weighted by Crippen LogP contribution is 2.49. The van der Waals surface area contributed by atoms with Gasteiger partial charge >= 0.3 is 0 Å². The lowest BCUT2D eigenvalue weighted by molar-refractivity contribution is -0.127. The Morgan fingerprint density at radius 3 is 2.77 bits per heavy atom. The number of likely N-dealkylation sites (N-methyl/N-ethyl adjacent to an activating group) is 1. The lowest BCUT2D eigenvalue weighted by Gasteiger charge is -2.34. The Labute approximate surface area is 135 Å². The highest BCUT2D eigenvalue weighted by atomic mass is 32.1. The van der Waals surface area contributed by atoms with Gasteiger partial charge in [-0.15, -0.1) is 0 Å². The van der Waals surface area contributed by atoms with Crippen molar-refractivity contribution in [3.8, 4) is 0 Å². The molecule has 1 saturated heterocycles. The fraction of sp³-hybridized carbons (Fsp3) is 0.529. The molecule has 116 valence electrons. The quantitative estimate of drug-likeness (QED) is 0.809. The molecule has 0 bridgehead atoms. The Hall–Kier alpha value is -1.62. The van der Waals surface area contributed by atoms with E-state index < -0.39 is 5.54 Å². The first kappa shape index (κ1) is 14.0. The Bertz CT molecular complexity index is 641. The Balaban J connectivity index is 1.83. The van der Waals surface area contributed by atoms with Gasteiger partial charge < -0.3 is 15.0 Å². The van der Waals surface area contributed by atoms with Crippen molar-refractivity contribution in [2.75, 3.05) is 11.9 Å². The van der Waals surface area contributed by atoms with Crippen molar-refractivity contribution in [1.29, 1.82) is 0 Å². The first-order chi connectivity index (χ1) is 10.6. The van der Waals surface area contributed by atoms with E-state index >= 15 is 0 Å². The van der Waals surface area contributed by atoms with Crippen molar-refractivity contribution in [1.82, 2.24) is 5.32 Å². The van der Waals surface area contributed by atoms with Gasteiger partial charge in [-0.05, 0) is 37.0 Å². The van der Waals surface area contributed by atoms with Gasteiger partial charge in [0.05, 0.1) is 0 Å². The highest BCUT2D eigenvalue weighted by Gasteiger charge is 2.62. The maximum atomic E-state index is 13.1. The minimum atomic E-state index is -0.829. The number of thiocarbonyl (C=S) groups is 1. The summed E-state index contributed by atoms with van der Waals surface area (Å²) in [7, 11) is 1.83. The summed E-state index contributed by atoms with van der Waals surface area (Å²) in [5, 5.41) is 3.59. The third-order valence-corrected chi connectivity index (χ3v) is 5.57. The van der Waals surface area contributed by atoms with Crippen LogP contribution in [0.5, 0.6) is 0 Å². The maximum Gasteiger partial charge on any atom is 0.261 e. The zero-order valence-corrected chi connectivity index (χ0v) is 13.5. The molecule has 0 aromatic heterocycles. The van der Waals surface area contributed by atoms with E-state index in [0.717, 1.165) is 24.1 Å². The molecular formula is C17H20N2O2S. The van der Waals surface area contributed by atoms with Gasteiger partial charge in [-0.2, -0.15) is 0 Å². The van der Waals surface area contributed by atoms with Crippen molar-refractivity contribution in [2.45, 2.75) is 43.7 Å². The topological polar surface area (TPSA) is 41.6 Å². The molecule has 1 aliphatic carbocycles. The molecule has 5 heteroatoms. The summed E-state index contributed by atoms with van der Waals surface area (Å²) in [5.41, 5.74) is 1.12. The molecule has 3 aliphatic rings. The number of hydrogen-bond donors (Lipinski definition) is 1. The van der Waals surface area contributed by atoms with Crippen LogP contribution in [0.2, 0.25) is 0 Å². The van der Waals surface area contributed by atoms with Crippen LogP contribution in [0.3, 0.4) is 0 Å². The number of para-hydroxylation sites is 1. The minimum absolute atomic E-state index is 0.0455. The van der Waals surface area contributed by atoms with Crippen LogP contribution in [-0.4, -0.2) is 24.2 Å². The second-order valence-corrected chi connectivity index (χ2v) is 6.91. The van der Waals surface area contributed by atoms with Crippen molar-refractivity contribution in [3.63, 3.8) is 0 Å². The van der Waals surface area contributed by atoms with E-state index in [4.69, 9.17) is 17.0 Å². The van der Waals surface area contributed by atoms with E-state index in [-0.39, 0.29) is 12.0 Å². The Morgan fingerprint density at radius 2 is 2.00 bits per heavy atom. The molecular weight excluding hydrogens is 296 g/mol. The number of hydrogen-bond acceptors (Lipinski definition) is 3. The Kier molecular flexibility index (Phi) is 3.15. The summed E-state index contributed by atoms with van der Waals surface area (Å²) >= 11 is 5.29. The van der Waals surface area contributed by atoms with Crippen LogP contribution < -0.4 is 10.2 Å². The van der Waals surface area contributed by atoms with Crippen LogP contribution in [0.15, 0.2) is 24.3 Å². The number of benzene rings is 1. The molecule has 4 rings (SSSR count). The van der Waals surface area contributed by atoms with E-state index in [1.807, 2.05) is 31.3 Å². The first-order valence-electron chi connectivity index (χ1n) is 8.01. The lowest BCUT2D eigenvalue weighted by Crippen LogP contribution is -2.55. The van der Waals surface area contributed by atoms with Gasteiger partial charge in [0.1, 0.15) is 6.10 Å². The summed E-state index contributed by atoms with van der Waals surface area (Å²) in [5.74, 6) is 0.425. The molecule has 1 saturated carbocycles. The average Bonchev–Trinajstić information content (AvgIpc) is 3.01.